The molecule has 0 radical (unpaired) electrons. The molecule has 1 aromatic carbocycles. The van der Waals surface area contributed by atoms with Crippen molar-refractivity contribution < 1.29 is 9.47 Å². The number of aromatic nitrogens is 2. The van der Waals surface area contributed by atoms with Gasteiger partial charge in [0.15, 0.2) is 0 Å². The van der Waals surface area contributed by atoms with Crippen molar-refractivity contribution in [1.82, 2.24) is 9.97 Å². The van der Waals surface area contributed by atoms with Crippen LogP contribution in [0.15, 0.2) is 34.4 Å². The standard InChI is InChI=1S/C21H24N2O3S/c1-13-5-3-4-6-17(13)26-11-18-22-20(24)19-16(12-27-21(19)23-18)14-7-9-15(25-2)10-8-14/h7-10,12-13,17H,3-6,11H2,1-2H3,(H,22,23,24). The minimum atomic E-state index is -0.109. The zero-order valence-corrected chi connectivity index (χ0v) is 16.5. The molecule has 5 nitrogen and oxygen atoms in total. The van der Waals surface area contributed by atoms with Crippen LogP contribution in [0.2, 0.25) is 0 Å². The number of fused-ring (bicyclic) bond motifs is 1. The van der Waals surface area contributed by atoms with Crippen LogP contribution in [0.4, 0.5) is 0 Å². The maximum atomic E-state index is 12.7. The number of hydrogen-bond acceptors (Lipinski definition) is 5. The quantitative estimate of drug-likeness (QED) is 0.689. The van der Waals surface area contributed by atoms with Crippen LogP contribution < -0.4 is 10.3 Å². The minimum absolute atomic E-state index is 0.109. The number of thiophene rings is 1. The molecule has 6 heteroatoms. The second-order valence-corrected chi connectivity index (χ2v) is 8.04. The average Bonchev–Trinajstić information content (AvgIpc) is 3.12. The Morgan fingerprint density at radius 1 is 1.22 bits per heavy atom. The molecule has 2 unspecified atom stereocenters. The molecule has 3 aromatic rings. The fourth-order valence-corrected chi connectivity index (χ4v) is 4.73. The molecule has 0 aliphatic heterocycles. The summed E-state index contributed by atoms with van der Waals surface area (Å²) in [4.78, 5) is 21.0. The van der Waals surface area contributed by atoms with Gasteiger partial charge in [0.25, 0.3) is 5.56 Å². The van der Waals surface area contributed by atoms with Gasteiger partial charge in [-0.15, -0.1) is 11.3 Å². The number of nitrogens with one attached hydrogen (secondary N) is 1. The van der Waals surface area contributed by atoms with Gasteiger partial charge in [-0.05, 0) is 36.5 Å². The van der Waals surface area contributed by atoms with E-state index in [1.165, 1.54) is 30.6 Å². The highest BCUT2D eigenvalue weighted by Crippen LogP contribution is 2.32. The molecule has 27 heavy (non-hydrogen) atoms. The van der Waals surface area contributed by atoms with E-state index in [1.807, 2.05) is 29.6 Å². The van der Waals surface area contributed by atoms with Gasteiger partial charge in [0, 0.05) is 10.9 Å². The Bertz CT molecular complexity index is 977. The zero-order chi connectivity index (χ0) is 18.8. The Kier molecular flexibility index (Phi) is 5.27. The third-order valence-corrected chi connectivity index (χ3v) is 6.23. The molecule has 1 N–H and O–H groups in total. The van der Waals surface area contributed by atoms with E-state index in [4.69, 9.17) is 9.47 Å². The predicted molar refractivity (Wildman–Crippen MR) is 108 cm³/mol. The summed E-state index contributed by atoms with van der Waals surface area (Å²) < 4.78 is 11.3. The van der Waals surface area contributed by atoms with E-state index < -0.39 is 0 Å². The second-order valence-electron chi connectivity index (χ2n) is 7.18. The number of benzene rings is 1. The highest BCUT2D eigenvalue weighted by molar-refractivity contribution is 7.17. The molecule has 1 aliphatic carbocycles. The van der Waals surface area contributed by atoms with Gasteiger partial charge in [-0.1, -0.05) is 31.9 Å². The predicted octanol–water partition coefficient (Wildman–Crippen LogP) is 4.76. The van der Waals surface area contributed by atoms with Crippen LogP contribution in [0.1, 0.15) is 38.4 Å². The number of nitrogens with zero attached hydrogens (tertiary/aromatic N) is 1. The second kappa shape index (κ2) is 7.82. The molecular weight excluding hydrogens is 360 g/mol. The molecule has 2 atom stereocenters. The largest absolute Gasteiger partial charge is 0.497 e. The fourth-order valence-electron chi connectivity index (χ4n) is 3.76. The van der Waals surface area contributed by atoms with E-state index in [0.29, 0.717) is 23.7 Å². The lowest BCUT2D eigenvalue weighted by molar-refractivity contribution is -0.0181. The number of ether oxygens (including phenoxy) is 2. The Morgan fingerprint density at radius 3 is 2.74 bits per heavy atom. The monoisotopic (exact) mass is 384 g/mol. The number of aromatic amines is 1. The summed E-state index contributed by atoms with van der Waals surface area (Å²) in [5.41, 5.74) is 1.77. The number of methoxy groups -OCH3 is 1. The highest BCUT2D eigenvalue weighted by atomic mass is 32.1. The zero-order valence-electron chi connectivity index (χ0n) is 15.7. The third-order valence-electron chi connectivity index (χ3n) is 5.36. The van der Waals surface area contributed by atoms with Gasteiger partial charge < -0.3 is 14.5 Å². The molecule has 1 saturated carbocycles. The molecule has 4 rings (SSSR count). The van der Waals surface area contributed by atoms with Crippen LogP contribution in [0.25, 0.3) is 21.3 Å². The first-order valence-electron chi connectivity index (χ1n) is 9.42. The van der Waals surface area contributed by atoms with E-state index in [0.717, 1.165) is 28.1 Å². The third kappa shape index (κ3) is 3.77. The van der Waals surface area contributed by atoms with Crippen LogP contribution in [-0.4, -0.2) is 23.2 Å². The van der Waals surface area contributed by atoms with Crippen molar-refractivity contribution in [3.63, 3.8) is 0 Å². The lowest BCUT2D eigenvalue weighted by Crippen LogP contribution is -2.26. The first kappa shape index (κ1) is 18.2. The highest BCUT2D eigenvalue weighted by Gasteiger charge is 2.22. The molecule has 2 heterocycles. The van der Waals surface area contributed by atoms with Crippen molar-refractivity contribution >= 4 is 21.6 Å². The van der Waals surface area contributed by atoms with Crippen molar-refractivity contribution in [3.8, 4) is 16.9 Å². The summed E-state index contributed by atoms with van der Waals surface area (Å²) in [6.07, 6.45) is 5.07. The summed E-state index contributed by atoms with van der Waals surface area (Å²) in [7, 11) is 1.64. The van der Waals surface area contributed by atoms with Crippen molar-refractivity contribution in [1.29, 1.82) is 0 Å². The molecule has 0 amide bonds. The maximum Gasteiger partial charge on any atom is 0.260 e. The molecule has 0 bridgehead atoms. The maximum absolute atomic E-state index is 12.7. The van der Waals surface area contributed by atoms with Crippen molar-refractivity contribution in [2.75, 3.05) is 7.11 Å². The van der Waals surface area contributed by atoms with Crippen LogP contribution in [0.3, 0.4) is 0 Å². The van der Waals surface area contributed by atoms with E-state index in [1.54, 1.807) is 7.11 Å². The van der Waals surface area contributed by atoms with Gasteiger partial charge >= 0.3 is 0 Å². The van der Waals surface area contributed by atoms with Crippen LogP contribution >= 0.6 is 11.3 Å². The Balaban J connectivity index is 1.58. The van der Waals surface area contributed by atoms with Gasteiger partial charge in [-0.2, -0.15) is 0 Å². The van der Waals surface area contributed by atoms with Gasteiger partial charge in [-0.3, -0.25) is 4.79 Å². The summed E-state index contributed by atoms with van der Waals surface area (Å²) in [6.45, 7) is 2.60. The SMILES string of the molecule is COc1ccc(-c2csc3nc(COC4CCCCC4C)[nH]c(=O)c23)cc1. The number of H-pyrrole nitrogens is 1. The van der Waals surface area contributed by atoms with Crippen LogP contribution in [0.5, 0.6) is 5.75 Å². The molecule has 0 saturated heterocycles. The summed E-state index contributed by atoms with van der Waals surface area (Å²) in [6, 6.07) is 7.71. The van der Waals surface area contributed by atoms with Crippen LogP contribution in [-0.2, 0) is 11.3 Å². The fraction of sp³-hybridized carbons (Fsp3) is 0.429. The Hall–Kier alpha value is -2.18. The Morgan fingerprint density at radius 2 is 2.00 bits per heavy atom. The lowest BCUT2D eigenvalue weighted by atomic mass is 9.88. The molecule has 1 aliphatic rings. The number of hydrogen-bond donors (Lipinski definition) is 1. The van der Waals surface area contributed by atoms with E-state index in [2.05, 4.69) is 16.9 Å². The van der Waals surface area contributed by atoms with Gasteiger partial charge in [0.05, 0.1) is 18.6 Å². The minimum Gasteiger partial charge on any atom is -0.497 e. The van der Waals surface area contributed by atoms with Gasteiger partial charge in [0.2, 0.25) is 0 Å². The van der Waals surface area contributed by atoms with E-state index in [9.17, 15) is 4.79 Å². The van der Waals surface area contributed by atoms with Gasteiger partial charge in [0.1, 0.15) is 23.0 Å². The van der Waals surface area contributed by atoms with E-state index >= 15 is 0 Å². The number of rotatable bonds is 5. The van der Waals surface area contributed by atoms with Crippen molar-refractivity contribution in [2.45, 2.75) is 45.3 Å². The summed E-state index contributed by atoms with van der Waals surface area (Å²) in [5, 5.41) is 2.63. The molecule has 0 spiro atoms. The average molecular weight is 385 g/mol. The molecular formula is C21H24N2O3S. The first-order valence-corrected chi connectivity index (χ1v) is 10.3. The van der Waals surface area contributed by atoms with Crippen molar-refractivity contribution in [3.05, 3.63) is 45.8 Å². The molecule has 2 aromatic heterocycles. The van der Waals surface area contributed by atoms with Crippen LogP contribution in [0, 0.1) is 5.92 Å². The van der Waals surface area contributed by atoms with Gasteiger partial charge in [-0.25, -0.2) is 4.98 Å². The lowest BCUT2D eigenvalue weighted by Gasteiger charge is -2.28. The van der Waals surface area contributed by atoms with Crippen molar-refractivity contribution in [2.24, 2.45) is 5.92 Å². The topological polar surface area (TPSA) is 64.2 Å². The first-order chi connectivity index (χ1) is 13.2. The van der Waals surface area contributed by atoms with E-state index in [-0.39, 0.29) is 11.7 Å². The Labute approximate surface area is 162 Å². The molecule has 1 fully saturated rings. The molecule has 142 valence electrons. The smallest absolute Gasteiger partial charge is 0.260 e. The normalized spacial score (nSPS) is 20.1. The summed E-state index contributed by atoms with van der Waals surface area (Å²) in [5.74, 6) is 1.97. The summed E-state index contributed by atoms with van der Waals surface area (Å²) >= 11 is 1.49.